The topological polar surface area (TPSA) is 58.5 Å². The maximum atomic E-state index is 8.69. The van der Waals surface area contributed by atoms with Crippen LogP contribution in [-0.4, -0.2) is 54.0 Å². The molecule has 1 aromatic rings. The van der Waals surface area contributed by atoms with Gasteiger partial charge in [0.15, 0.2) is 4.34 Å². The van der Waals surface area contributed by atoms with Gasteiger partial charge in [-0.15, -0.1) is 10.2 Å². The zero-order chi connectivity index (χ0) is 12.6. The molecule has 0 unspecified atom stereocenters. The van der Waals surface area contributed by atoms with E-state index in [1.807, 2.05) is 0 Å². The van der Waals surface area contributed by atoms with Crippen molar-refractivity contribution in [3.05, 3.63) is 0 Å². The van der Waals surface area contributed by atoms with Crippen LogP contribution in [0.1, 0.15) is 19.3 Å². The zero-order valence-electron chi connectivity index (χ0n) is 10.4. The van der Waals surface area contributed by atoms with Crippen molar-refractivity contribution in [3.8, 4) is 0 Å². The molecule has 7 heteroatoms. The number of thioether (sulfide) groups is 1. The van der Waals surface area contributed by atoms with E-state index in [-0.39, 0.29) is 0 Å². The quantitative estimate of drug-likeness (QED) is 0.608. The number of aliphatic hydroxyl groups is 1. The van der Waals surface area contributed by atoms with Gasteiger partial charge in [0.25, 0.3) is 0 Å². The van der Waals surface area contributed by atoms with Gasteiger partial charge in [0.1, 0.15) is 0 Å². The first kappa shape index (κ1) is 14.0. The standard InChI is InChI=1S/C11H19N3O2S2/c15-6-2-1-3-9-17-11-13-12-10(18-11)14-4-7-16-8-5-14/h15H,1-9H2. The Morgan fingerprint density at radius 3 is 2.83 bits per heavy atom. The van der Waals surface area contributed by atoms with Crippen LogP contribution in [0.3, 0.4) is 0 Å². The van der Waals surface area contributed by atoms with Gasteiger partial charge < -0.3 is 14.7 Å². The van der Waals surface area contributed by atoms with E-state index in [0.29, 0.717) is 6.61 Å². The van der Waals surface area contributed by atoms with Crippen LogP contribution in [0, 0.1) is 0 Å². The van der Waals surface area contributed by atoms with Crippen LogP contribution in [0.2, 0.25) is 0 Å². The van der Waals surface area contributed by atoms with Crippen LogP contribution in [-0.2, 0) is 4.74 Å². The van der Waals surface area contributed by atoms with Gasteiger partial charge in [0, 0.05) is 25.4 Å². The summed E-state index contributed by atoms with van der Waals surface area (Å²) in [5, 5.41) is 18.1. The summed E-state index contributed by atoms with van der Waals surface area (Å²) < 4.78 is 6.36. The van der Waals surface area contributed by atoms with Crippen LogP contribution in [0.4, 0.5) is 5.13 Å². The molecule has 1 aliphatic rings. The average Bonchev–Trinajstić information content (AvgIpc) is 2.88. The number of hydrogen-bond donors (Lipinski definition) is 1. The Morgan fingerprint density at radius 1 is 1.22 bits per heavy atom. The molecular formula is C11H19N3O2S2. The van der Waals surface area contributed by atoms with Crippen molar-refractivity contribution in [2.24, 2.45) is 0 Å². The average molecular weight is 289 g/mol. The van der Waals surface area contributed by atoms with Gasteiger partial charge in [-0.1, -0.05) is 29.5 Å². The number of ether oxygens (including phenoxy) is 1. The number of rotatable bonds is 7. The van der Waals surface area contributed by atoms with E-state index < -0.39 is 0 Å². The molecule has 2 rings (SSSR count). The molecule has 5 nitrogen and oxygen atoms in total. The van der Waals surface area contributed by atoms with E-state index in [1.54, 1.807) is 23.1 Å². The molecule has 2 heterocycles. The van der Waals surface area contributed by atoms with Gasteiger partial charge >= 0.3 is 0 Å². The second-order valence-corrected chi connectivity index (χ2v) is 6.38. The van der Waals surface area contributed by atoms with Crippen molar-refractivity contribution in [2.75, 3.05) is 43.6 Å². The summed E-state index contributed by atoms with van der Waals surface area (Å²) in [4.78, 5) is 2.23. The summed E-state index contributed by atoms with van der Waals surface area (Å²) in [7, 11) is 0. The predicted molar refractivity (Wildman–Crippen MR) is 74.6 cm³/mol. The molecule has 1 aliphatic heterocycles. The highest BCUT2D eigenvalue weighted by Crippen LogP contribution is 2.28. The molecule has 0 atom stereocenters. The third kappa shape index (κ3) is 4.38. The van der Waals surface area contributed by atoms with Gasteiger partial charge in [0.2, 0.25) is 5.13 Å². The second-order valence-electron chi connectivity index (χ2n) is 4.08. The molecule has 0 saturated carbocycles. The maximum absolute atomic E-state index is 8.69. The third-order valence-corrected chi connectivity index (χ3v) is 4.91. The summed E-state index contributed by atoms with van der Waals surface area (Å²) in [6.07, 6.45) is 3.10. The van der Waals surface area contributed by atoms with Gasteiger partial charge in [-0.3, -0.25) is 0 Å². The largest absolute Gasteiger partial charge is 0.396 e. The minimum atomic E-state index is 0.296. The fraction of sp³-hybridized carbons (Fsp3) is 0.818. The maximum Gasteiger partial charge on any atom is 0.209 e. The fourth-order valence-corrected chi connectivity index (χ4v) is 3.66. The zero-order valence-corrected chi connectivity index (χ0v) is 12.0. The highest BCUT2D eigenvalue weighted by atomic mass is 32.2. The number of aliphatic hydroxyl groups excluding tert-OH is 1. The van der Waals surface area contributed by atoms with E-state index in [4.69, 9.17) is 9.84 Å². The molecule has 1 N–H and O–H groups in total. The Morgan fingerprint density at radius 2 is 2.06 bits per heavy atom. The first-order valence-electron chi connectivity index (χ1n) is 6.30. The van der Waals surface area contributed by atoms with Crippen molar-refractivity contribution < 1.29 is 9.84 Å². The summed E-state index contributed by atoms with van der Waals surface area (Å²) in [6.45, 7) is 3.68. The summed E-state index contributed by atoms with van der Waals surface area (Å²) >= 11 is 3.43. The number of morpholine rings is 1. The van der Waals surface area contributed by atoms with Crippen molar-refractivity contribution in [1.29, 1.82) is 0 Å². The van der Waals surface area contributed by atoms with E-state index >= 15 is 0 Å². The minimum Gasteiger partial charge on any atom is -0.396 e. The highest BCUT2D eigenvalue weighted by molar-refractivity contribution is 8.01. The predicted octanol–water partition coefficient (Wildman–Crippen LogP) is 1.63. The van der Waals surface area contributed by atoms with Crippen LogP contribution in [0.5, 0.6) is 0 Å². The van der Waals surface area contributed by atoms with Crippen LogP contribution in [0.25, 0.3) is 0 Å². The van der Waals surface area contributed by atoms with Gasteiger partial charge in [-0.2, -0.15) is 0 Å². The van der Waals surface area contributed by atoms with Crippen molar-refractivity contribution in [2.45, 2.75) is 23.6 Å². The molecule has 1 saturated heterocycles. The molecule has 0 radical (unpaired) electrons. The first-order valence-corrected chi connectivity index (χ1v) is 8.10. The Labute approximate surface area is 116 Å². The van der Waals surface area contributed by atoms with E-state index in [9.17, 15) is 0 Å². The molecule has 0 aliphatic carbocycles. The number of anilines is 1. The van der Waals surface area contributed by atoms with Crippen molar-refractivity contribution >= 4 is 28.2 Å². The van der Waals surface area contributed by atoms with Crippen molar-refractivity contribution in [1.82, 2.24) is 10.2 Å². The van der Waals surface area contributed by atoms with Crippen molar-refractivity contribution in [3.63, 3.8) is 0 Å². The lowest BCUT2D eigenvalue weighted by molar-refractivity contribution is 0.122. The molecule has 0 aromatic carbocycles. The second kappa shape index (κ2) is 7.93. The van der Waals surface area contributed by atoms with Crippen LogP contribution >= 0.6 is 23.1 Å². The van der Waals surface area contributed by atoms with E-state index in [1.165, 1.54) is 0 Å². The normalized spacial score (nSPS) is 16.2. The smallest absolute Gasteiger partial charge is 0.209 e. The van der Waals surface area contributed by atoms with E-state index in [2.05, 4.69) is 15.1 Å². The molecule has 0 bridgehead atoms. The number of aromatic nitrogens is 2. The van der Waals surface area contributed by atoms with Crippen LogP contribution in [0.15, 0.2) is 4.34 Å². The SMILES string of the molecule is OCCCCCSc1nnc(N2CCOCC2)s1. The third-order valence-electron chi connectivity index (χ3n) is 2.71. The van der Waals surface area contributed by atoms with E-state index in [0.717, 1.165) is 60.8 Å². The summed E-state index contributed by atoms with van der Waals surface area (Å²) in [6, 6.07) is 0. The minimum absolute atomic E-state index is 0.296. The molecule has 1 fully saturated rings. The molecule has 0 spiro atoms. The van der Waals surface area contributed by atoms with Gasteiger partial charge in [0.05, 0.1) is 13.2 Å². The lowest BCUT2D eigenvalue weighted by Crippen LogP contribution is -2.36. The molecule has 18 heavy (non-hydrogen) atoms. The number of nitrogens with zero attached hydrogens (tertiary/aromatic N) is 3. The number of unbranched alkanes of at least 4 members (excludes halogenated alkanes) is 2. The first-order chi connectivity index (χ1) is 8.90. The summed E-state index contributed by atoms with van der Waals surface area (Å²) in [5.41, 5.74) is 0. The van der Waals surface area contributed by atoms with Gasteiger partial charge in [-0.25, -0.2) is 0 Å². The molecule has 102 valence electrons. The van der Waals surface area contributed by atoms with Crippen LogP contribution < -0.4 is 4.90 Å². The Bertz CT molecular complexity index is 343. The Balaban J connectivity index is 1.72. The van der Waals surface area contributed by atoms with Gasteiger partial charge in [-0.05, 0) is 12.8 Å². The fourth-order valence-electron chi connectivity index (χ4n) is 1.69. The Hall–Kier alpha value is -0.370. The highest BCUT2D eigenvalue weighted by Gasteiger charge is 2.15. The summed E-state index contributed by atoms with van der Waals surface area (Å²) in [5.74, 6) is 1.05. The lowest BCUT2D eigenvalue weighted by atomic mass is 10.3. The molecule has 1 aromatic heterocycles. The monoisotopic (exact) mass is 289 g/mol. The lowest BCUT2D eigenvalue weighted by Gasteiger charge is -2.25. The molecule has 0 amide bonds. The molecular weight excluding hydrogens is 270 g/mol. The Kier molecular flexibility index (Phi) is 6.19. The number of hydrogen-bond acceptors (Lipinski definition) is 7.